The van der Waals surface area contributed by atoms with Gasteiger partial charge >= 0.3 is 5.97 Å². The van der Waals surface area contributed by atoms with Gasteiger partial charge in [0, 0.05) is 50.4 Å². The first-order valence-electron chi connectivity index (χ1n) is 13.5. The Labute approximate surface area is 217 Å². The third-order valence-corrected chi connectivity index (χ3v) is 9.60. The van der Waals surface area contributed by atoms with Gasteiger partial charge in [-0.25, -0.2) is 0 Å². The maximum absolute atomic E-state index is 13.2. The molecule has 0 aromatic heterocycles. The van der Waals surface area contributed by atoms with E-state index in [4.69, 9.17) is 10.8 Å². The highest BCUT2D eigenvalue weighted by molar-refractivity contribution is 5.87. The maximum atomic E-state index is 13.2. The summed E-state index contributed by atoms with van der Waals surface area (Å²) < 4.78 is 0. The zero-order valence-electron chi connectivity index (χ0n) is 21.8. The van der Waals surface area contributed by atoms with Crippen LogP contribution in [0, 0.1) is 11.8 Å². The van der Waals surface area contributed by atoms with Gasteiger partial charge in [-0.1, -0.05) is 12.1 Å². The van der Waals surface area contributed by atoms with Crippen molar-refractivity contribution in [2.24, 2.45) is 17.6 Å². The summed E-state index contributed by atoms with van der Waals surface area (Å²) in [7, 11) is 3.94. The number of likely N-dealkylation sites (N-methyl/N-ethyl adjacent to an activating group) is 2. The van der Waals surface area contributed by atoms with E-state index in [-0.39, 0.29) is 43.0 Å². The minimum Gasteiger partial charge on any atom is -0.481 e. The molecule has 5 rings (SSSR count). The van der Waals surface area contributed by atoms with E-state index < -0.39 is 17.9 Å². The molecule has 3 aliphatic carbocycles. The molecule has 4 N–H and O–H groups in total. The van der Waals surface area contributed by atoms with Gasteiger partial charge in [0.15, 0.2) is 0 Å². The number of nitrogens with one attached hydrogen (secondary N) is 1. The van der Waals surface area contributed by atoms with Crippen molar-refractivity contribution in [1.82, 2.24) is 15.1 Å². The molecule has 2 amide bonds. The van der Waals surface area contributed by atoms with Gasteiger partial charge in [0.05, 0.1) is 12.5 Å². The highest BCUT2D eigenvalue weighted by Gasteiger charge is 2.63. The number of nitrogens with two attached hydrogens (primary N) is 1. The average Bonchev–Trinajstić information content (AvgIpc) is 3.22. The van der Waals surface area contributed by atoms with Gasteiger partial charge in [-0.3, -0.25) is 19.2 Å². The molecule has 1 aliphatic heterocycles. The number of ketones is 1. The first-order chi connectivity index (χ1) is 17.6. The van der Waals surface area contributed by atoms with Crippen molar-refractivity contribution >= 4 is 23.6 Å². The van der Waals surface area contributed by atoms with E-state index in [9.17, 15) is 19.2 Å². The second kappa shape index (κ2) is 9.83. The lowest BCUT2D eigenvalue weighted by Crippen LogP contribution is -2.63. The van der Waals surface area contributed by atoms with Crippen molar-refractivity contribution in [2.45, 2.75) is 68.9 Å². The molecule has 4 aliphatic rings. The van der Waals surface area contributed by atoms with Crippen LogP contribution in [0.15, 0.2) is 12.1 Å². The monoisotopic (exact) mass is 510 g/mol. The molecule has 1 heterocycles. The molecule has 1 saturated carbocycles. The zero-order valence-corrected chi connectivity index (χ0v) is 21.8. The molecule has 37 heavy (non-hydrogen) atoms. The number of carbonyl (C=O) groups is 4. The van der Waals surface area contributed by atoms with Gasteiger partial charge in [-0.15, -0.1) is 0 Å². The van der Waals surface area contributed by atoms with Crippen molar-refractivity contribution in [2.75, 3.05) is 33.7 Å². The van der Waals surface area contributed by atoms with Gasteiger partial charge in [0.2, 0.25) is 11.8 Å². The fraction of sp³-hybridized carbons (Fsp3) is 0.643. The van der Waals surface area contributed by atoms with Gasteiger partial charge in [0.1, 0.15) is 5.78 Å². The first-order valence-corrected chi connectivity index (χ1v) is 13.5. The average molecular weight is 511 g/mol. The summed E-state index contributed by atoms with van der Waals surface area (Å²) in [4.78, 5) is 53.2. The smallest absolute Gasteiger partial charge is 0.303 e. The number of piperidine rings is 1. The van der Waals surface area contributed by atoms with E-state index in [1.54, 1.807) is 11.9 Å². The Kier molecular flexibility index (Phi) is 6.87. The molecule has 2 bridgehead atoms. The number of hydrogen-bond acceptors (Lipinski definition) is 6. The second-order valence-electron chi connectivity index (χ2n) is 11.5. The van der Waals surface area contributed by atoms with Crippen LogP contribution < -0.4 is 11.1 Å². The van der Waals surface area contributed by atoms with Crippen LogP contribution in [-0.2, 0) is 43.9 Å². The number of carbonyl (C=O) groups excluding carboxylic acids is 3. The van der Waals surface area contributed by atoms with Crippen LogP contribution in [-0.4, -0.2) is 84.3 Å². The number of rotatable bonds is 9. The van der Waals surface area contributed by atoms with E-state index in [1.165, 1.54) is 16.7 Å². The molecule has 2 fully saturated rings. The van der Waals surface area contributed by atoms with E-state index in [1.807, 2.05) is 0 Å². The predicted molar refractivity (Wildman–Crippen MR) is 137 cm³/mol. The molecule has 1 spiro atoms. The Morgan fingerprint density at radius 3 is 2.84 bits per heavy atom. The fourth-order valence-corrected chi connectivity index (χ4v) is 7.71. The summed E-state index contributed by atoms with van der Waals surface area (Å²) in [6.07, 6.45) is 4.62. The molecular weight excluding hydrogens is 472 g/mol. The molecule has 1 aromatic rings. The lowest BCUT2D eigenvalue weighted by Gasteiger charge is -2.58. The highest BCUT2D eigenvalue weighted by Crippen LogP contribution is 2.62. The summed E-state index contributed by atoms with van der Waals surface area (Å²) in [6.45, 7) is 1.59. The molecule has 1 aromatic carbocycles. The predicted octanol–water partition coefficient (Wildman–Crippen LogP) is 0.645. The molecule has 200 valence electrons. The molecule has 4 unspecified atom stereocenters. The van der Waals surface area contributed by atoms with Crippen LogP contribution >= 0.6 is 0 Å². The number of hydrogen-bond donors (Lipinski definition) is 3. The number of carboxylic acids is 1. The summed E-state index contributed by atoms with van der Waals surface area (Å²) in [6, 6.07) is 3.91. The number of likely N-dealkylation sites (tertiary alicyclic amines) is 1. The van der Waals surface area contributed by atoms with Crippen molar-refractivity contribution in [1.29, 1.82) is 0 Å². The Balaban J connectivity index is 1.27. The lowest BCUT2D eigenvalue weighted by atomic mass is 9.50. The van der Waals surface area contributed by atoms with Gasteiger partial charge in [0.25, 0.3) is 0 Å². The summed E-state index contributed by atoms with van der Waals surface area (Å²) in [5, 5.41) is 11.4. The molecule has 9 heteroatoms. The van der Waals surface area contributed by atoms with Crippen LogP contribution in [0.4, 0.5) is 0 Å². The topological polar surface area (TPSA) is 133 Å². The van der Waals surface area contributed by atoms with Crippen LogP contribution in [0.2, 0.25) is 0 Å². The minimum absolute atomic E-state index is 0.0343. The van der Waals surface area contributed by atoms with E-state index in [0.717, 1.165) is 37.8 Å². The fourth-order valence-electron chi connectivity index (χ4n) is 7.71. The second-order valence-corrected chi connectivity index (χ2v) is 11.5. The standard InChI is InChI=1S/C28H38N4O5/c1-31-11-9-28-19-5-7-23(33)20(28)15-18-16(3-4-17(26(18)28)13-22(19)31)14-24(34)32(2)12-10-30-27(37)21(29)6-8-25(35)36/h3-4,19-22H,5-15,29H2,1-2H3,(H,30,37)(H,35,36)/t19?,20?,21-,22?,28?/m0/s1. The maximum Gasteiger partial charge on any atom is 0.303 e. The highest BCUT2D eigenvalue weighted by atomic mass is 16.4. The van der Waals surface area contributed by atoms with E-state index in [2.05, 4.69) is 29.4 Å². The Hall–Kier alpha value is -2.78. The Morgan fingerprint density at radius 2 is 2.08 bits per heavy atom. The number of aliphatic carboxylic acids is 1. The van der Waals surface area contributed by atoms with Crippen LogP contribution in [0.1, 0.15) is 54.4 Å². The van der Waals surface area contributed by atoms with Crippen molar-refractivity contribution in [3.8, 4) is 0 Å². The lowest BCUT2D eigenvalue weighted by molar-refractivity contribution is -0.137. The van der Waals surface area contributed by atoms with Gasteiger partial charge < -0.3 is 26.0 Å². The Bertz CT molecular complexity index is 1140. The number of carboxylic acid groups (broad SMARTS) is 1. The van der Waals surface area contributed by atoms with Crippen molar-refractivity contribution in [3.63, 3.8) is 0 Å². The summed E-state index contributed by atoms with van der Waals surface area (Å²) in [5.74, 6) is -0.480. The van der Waals surface area contributed by atoms with Gasteiger partial charge in [-0.2, -0.15) is 0 Å². The summed E-state index contributed by atoms with van der Waals surface area (Å²) >= 11 is 0. The van der Waals surface area contributed by atoms with E-state index >= 15 is 0 Å². The van der Waals surface area contributed by atoms with Crippen LogP contribution in [0.3, 0.4) is 0 Å². The third-order valence-electron chi connectivity index (χ3n) is 9.60. The number of nitrogens with zero attached hydrogens (tertiary/aromatic N) is 2. The molecule has 0 radical (unpaired) electrons. The number of benzene rings is 1. The zero-order chi connectivity index (χ0) is 26.5. The summed E-state index contributed by atoms with van der Waals surface area (Å²) in [5.41, 5.74) is 10.7. The quantitative estimate of drug-likeness (QED) is 0.444. The first kappa shape index (κ1) is 25.9. The minimum atomic E-state index is -0.992. The van der Waals surface area contributed by atoms with Crippen molar-refractivity contribution in [3.05, 3.63) is 34.4 Å². The molecular formula is C28H38N4O5. The number of amides is 2. The van der Waals surface area contributed by atoms with Gasteiger partial charge in [-0.05, 0) is 73.9 Å². The van der Waals surface area contributed by atoms with E-state index in [0.29, 0.717) is 30.7 Å². The molecule has 9 nitrogen and oxygen atoms in total. The third kappa shape index (κ3) is 4.36. The van der Waals surface area contributed by atoms with Crippen molar-refractivity contribution < 1.29 is 24.3 Å². The normalized spacial score (nSPS) is 28.4. The molecule has 5 atom stereocenters. The number of Topliss-reactive ketones (excluding diaryl/α,β-unsaturated/α-hetero) is 1. The Morgan fingerprint density at radius 1 is 1.30 bits per heavy atom. The SMILES string of the molecule is CN(CCNC(=O)[C@@H](N)CCC(=O)O)C(=O)Cc1ccc2c3c1CC1C(=O)CCC4C(C2)N(C)CCC314. The van der Waals surface area contributed by atoms with Crippen LogP contribution in [0.25, 0.3) is 0 Å². The largest absolute Gasteiger partial charge is 0.481 e. The molecule has 1 saturated heterocycles. The van der Waals surface area contributed by atoms with Crippen LogP contribution in [0.5, 0.6) is 0 Å².